The van der Waals surface area contributed by atoms with Gasteiger partial charge in [0, 0.05) is 32.4 Å². The molecule has 0 aromatic carbocycles. The van der Waals surface area contributed by atoms with Gasteiger partial charge in [0.15, 0.2) is 0 Å². The molecule has 1 N–H and O–H groups in total. The van der Waals surface area contributed by atoms with Crippen molar-refractivity contribution in [1.29, 1.82) is 0 Å². The first-order valence-electron chi connectivity index (χ1n) is 6.58. The van der Waals surface area contributed by atoms with Gasteiger partial charge in [-0.3, -0.25) is 4.68 Å². The van der Waals surface area contributed by atoms with Gasteiger partial charge in [-0.25, -0.2) is 8.42 Å². The summed E-state index contributed by atoms with van der Waals surface area (Å²) in [7, 11) is -1.83. The molecule has 0 amide bonds. The van der Waals surface area contributed by atoms with Crippen LogP contribution >= 0.6 is 0 Å². The first-order valence-corrected chi connectivity index (χ1v) is 8.02. The zero-order chi connectivity index (χ0) is 14.0. The van der Waals surface area contributed by atoms with Gasteiger partial charge < -0.3 is 5.11 Å². The summed E-state index contributed by atoms with van der Waals surface area (Å²) in [6.07, 6.45) is 5.69. The molecule has 1 aliphatic rings. The van der Waals surface area contributed by atoms with E-state index in [0.29, 0.717) is 18.9 Å². The second-order valence-electron chi connectivity index (χ2n) is 5.12. The minimum Gasteiger partial charge on any atom is -0.396 e. The molecule has 0 spiro atoms. The van der Waals surface area contributed by atoms with E-state index in [0.717, 1.165) is 12.8 Å². The Morgan fingerprint density at radius 2 is 2.26 bits per heavy atom. The van der Waals surface area contributed by atoms with Crippen LogP contribution in [0.2, 0.25) is 0 Å². The smallest absolute Gasteiger partial charge is 0.246 e. The fourth-order valence-electron chi connectivity index (χ4n) is 2.09. The number of nitrogens with zero attached hydrogens (tertiary/aromatic N) is 3. The zero-order valence-electron chi connectivity index (χ0n) is 11.4. The summed E-state index contributed by atoms with van der Waals surface area (Å²) < 4.78 is 27.8. The molecule has 1 unspecified atom stereocenters. The fourth-order valence-corrected chi connectivity index (χ4v) is 3.47. The molecule has 7 heteroatoms. The molecule has 1 saturated carbocycles. The van der Waals surface area contributed by atoms with Crippen LogP contribution < -0.4 is 0 Å². The van der Waals surface area contributed by atoms with E-state index in [-0.39, 0.29) is 17.5 Å². The second kappa shape index (κ2) is 5.60. The molecule has 0 radical (unpaired) electrons. The molecule has 0 saturated heterocycles. The van der Waals surface area contributed by atoms with Gasteiger partial charge in [-0.15, -0.1) is 0 Å². The summed E-state index contributed by atoms with van der Waals surface area (Å²) in [5, 5.41) is 12.8. The number of rotatable bonds is 7. The molecule has 1 aromatic rings. The van der Waals surface area contributed by atoms with Gasteiger partial charge in [0.05, 0.1) is 6.20 Å². The molecule has 1 fully saturated rings. The summed E-state index contributed by atoms with van der Waals surface area (Å²) in [4.78, 5) is 0.223. The Labute approximate surface area is 114 Å². The van der Waals surface area contributed by atoms with Crippen LogP contribution in [0, 0.1) is 5.92 Å². The predicted molar refractivity (Wildman–Crippen MR) is 71.1 cm³/mol. The van der Waals surface area contributed by atoms with Crippen LogP contribution in [0.25, 0.3) is 0 Å². The lowest BCUT2D eigenvalue weighted by atomic mass is 10.2. The molecule has 2 rings (SSSR count). The van der Waals surface area contributed by atoms with Crippen molar-refractivity contribution in [3.63, 3.8) is 0 Å². The molecule has 1 atom stereocenters. The van der Waals surface area contributed by atoms with Crippen molar-refractivity contribution < 1.29 is 13.5 Å². The highest BCUT2D eigenvalue weighted by molar-refractivity contribution is 7.89. The Morgan fingerprint density at radius 3 is 2.84 bits per heavy atom. The van der Waals surface area contributed by atoms with E-state index < -0.39 is 10.0 Å². The molecule has 1 aromatic heterocycles. The number of aromatic nitrogens is 2. The van der Waals surface area contributed by atoms with Crippen LogP contribution in [0.15, 0.2) is 17.3 Å². The van der Waals surface area contributed by atoms with E-state index in [9.17, 15) is 8.42 Å². The summed E-state index contributed by atoms with van der Waals surface area (Å²) in [6.45, 7) is 2.54. The minimum absolute atomic E-state index is 0.0331. The molecule has 108 valence electrons. The van der Waals surface area contributed by atoms with E-state index >= 15 is 0 Å². The highest BCUT2D eigenvalue weighted by atomic mass is 32.2. The number of aryl methyl sites for hydroxylation is 1. The average molecular weight is 287 g/mol. The maximum Gasteiger partial charge on any atom is 0.246 e. The van der Waals surface area contributed by atoms with Gasteiger partial charge in [0.1, 0.15) is 4.90 Å². The summed E-state index contributed by atoms with van der Waals surface area (Å²) in [5.74, 6) is 0.490. The van der Waals surface area contributed by atoms with Gasteiger partial charge in [-0.1, -0.05) is 0 Å². The van der Waals surface area contributed by atoms with Gasteiger partial charge >= 0.3 is 0 Å². The van der Waals surface area contributed by atoms with Crippen LogP contribution in [-0.2, 0) is 16.6 Å². The third-order valence-corrected chi connectivity index (χ3v) is 5.61. The highest BCUT2D eigenvalue weighted by Crippen LogP contribution is 2.36. The van der Waals surface area contributed by atoms with Crippen molar-refractivity contribution in [2.45, 2.75) is 43.7 Å². The number of aliphatic hydroxyl groups is 1. The molecular weight excluding hydrogens is 266 g/mol. The number of sulfonamides is 1. The maximum atomic E-state index is 12.4. The van der Waals surface area contributed by atoms with Crippen LogP contribution in [-0.4, -0.2) is 47.3 Å². The monoisotopic (exact) mass is 287 g/mol. The summed E-state index contributed by atoms with van der Waals surface area (Å²) >= 11 is 0. The van der Waals surface area contributed by atoms with Crippen molar-refractivity contribution in [2.75, 3.05) is 13.7 Å². The fraction of sp³-hybridized carbons (Fsp3) is 0.750. The molecular formula is C12H21N3O3S. The van der Waals surface area contributed by atoms with E-state index in [1.807, 2.05) is 6.92 Å². The van der Waals surface area contributed by atoms with Crippen LogP contribution in [0.4, 0.5) is 0 Å². The van der Waals surface area contributed by atoms with Crippen LogP contribution in [0.5, 0.6) is 0 Å². The van der Waals surface area contributed by atoms with Gasteiger partial charge in [-0.2, -0.15) is 9.40 Å². The minimum atomic E-state index is -3.46. The number of hydrogen-bond donors (Lipinski definition) is 1. The Balaban J connectivity index is 2.11. The maximum absolute atomic E-state index is 12.4. The first kappa shape index (κ1) is 14.5. The Hall–Kier alpha value is -0.920. The predicted octanol–water partition coefficient (Wildman–Crippen LogP) is 0.684. The van der Waals surface area contributed by atoms with Crippen molar-refractivity contribution in [3.05, 3.63) is 12.4 Å². The first-order chi connectivity index (χ1) is 8.96. The quantitative estimate of drug-likeness (QED) is 0.800. The van der Waals surface area contributed by atoms with Crippen molar-refractivity contribution >= 4 is 10.0 Å². The third-order valence-electron chi connectivity index (χ3n) is 3.71. The summed E-state index contributed by atoms with van der Waals surface area (Å²) in [6, 6.07) is 0.0331. The van der Waals surface area contributed by atoms with Crippen LogP contribution in [0.3, 0.4) is 0 Å². The topological polar surface area (TPSA) is 75.4 Å². The lowest BCUT2D eigenvalue weighted by Gasteiger charge is -2.23. The number of aliphatic hydroxyl groups excluding tert-OH is 1. The molecule has 1 heterocycles. The average Bonchev–Trinajstić information content (AvgIpc) is 3.12. The van der Waals surface area contributed by atoms with Crippen LogP contribution in [0.1, 0.15) is 26.2 Å². The van der Waals surface area contributed by atoms with Gasteiger partial charge in [0.25, 0.3) is 0 Å². The van der Waals surface area contributed by atoms with Gasteiger partial charge in [0.2, 0.25) is 10.0 Å². The van der Waals surface area contributed by atoms with E-state index in [4.69, 9.17) is 5.11 Å². The van der Waals surface area contributed by atoms with Crippen molar-refractivity contribution in [3.8, 4) is 0 Å². The molecule has 0 aliphatic heterocycles. The zero-order valence-corrected chi connectivity index (χ0v) is 12.2. The summed E-state index contributed by atoms with van der Waals surface area (Å²) in [5.41, 5.74) is 0. The Kier molecular flexibility index (Phi) is 4.27. The van der Waals surface area contributed by atoms with Crippen molar-refractivity contribution in [2.24, 2.45) is 5.92 Å². The number of hydrogen-bond acceptors (Lipinski definition) is 4. The largest absolute Gasteiger partial charge is 0.396 e. The van der Waals surface area contributed by atoms with E-state index in [2.05, 4.69) is 5.10 Å². The normalized spacial score (nSPS) is 17.9. The molecule has 1 aliphatic carbocycles. The van der Waals surface area contributed by atoms with E-state index in [1.54, 1.807) is 11.7 Å². The SMILES string of the molecule is CC(C1CC1)N(C)S(=O)(=O)c1cnn(CCCO)c1. The Morgan fingerprint density at radius 1 is 1.58 bits per heavy atom. The highest BCUT2D eigenvalue weighted by Gasteiger charge is 2.36. The molecule has 6 nitrogen and oxygen atoms in total. The third kappa shape index (κ3) is 3.16. The molecule has 19 heavy (non-hydrogen) atoms. The van der Waals surface area contributed by atoms with Gasteiger partial charge in [-0.05, 0) is 32.1 Å². The Bertz CT molecular complexity index is 522. The second-order valence-corrected chi connectivity index (χ2v) is 7.11. The lowest BCUT2D eigenvalue weighted by molar-refractivity contribution is 0.277. The molecule has 0 bridgehead atoms. The van der Waals surface area contributed by atoms with Crippen molar-refractivity contribution in [1.82, 2.24) is 14.1 Å². The van der Waals surface area contributed by atoms with E-state index in [1.165, 1.54) is 16.7 Å². The lowest BCUT2D eigenvalue weighted by Crippen LogP contribution is -2.36. The standard InChI is InChI=1S/C12H21N3O3S/c1-10(11-4-5-11)14(2)19(17,18)12-8-13-15(9-12)6-3-7-16/h8-11,16H,3-7H2,1-2H3.